The first kappa shape index (κ1) is 20.5. The third kappa shape index (κ3) is 3.47. The molecule has 5 rings (SSSR count). The van der Waals surface area contributed by atoms with Gasteiger partial charge in [-0.3, -0.25) is 4.98 Å². The minimum atomic E-state index is -0.0227. The second-order valence-corrected chi connectivity index (χ2v) is 8.37. The van der Waals surface area contributed by atoms with E-state index in [9.17, 15) is 0 Å². The molecule has 0 aliphatic rings. The average Bonchev–Trinajstić information content (AvgIpc) is 3.07. The normalized spacial score (nSPS) is 11.6. The molecule has 3 nitrogen and oxygen atoms in total. The predicted molar refractivity (Wildman–Crippen MR) is 119 cm³/mol. The van der Waals surface area contributed by atoms with E-state index in [-0.39, 0.29) is 25.5 Å². The second kappa shape index (κ2) is 7.79. The van der Waals surface area contributed by atoms with Crippen LogP contribution in [0.15, 0.2) is 79.1 Å². The molecule has 0 aliphatic carbocycles. The van der Waals surface area contributed by atoms with Gasteiger partial charge in [0.15, 0.2) is 0 Å². The third-order valence-electron chi connectivity index (χ3n) is 5.33. The smallest absolute Gasteiger partial charge is 0.105 e. The molecule has 0 atom stereocenters. The van der Waals surface area contributed by atoms with Crippen LogP contribution in [0.5, 0.6) is 0 Å². The number of hydrogen-bond donors (Lipinski definition) is 0. The molecule has 30 heavy (non-hydrogen) atoms. The van der Waals surface area contributed by atoms with Crippen LogP contribution in [0.1, 0.15) is 26.5 Å². The van der Waals surface area contributed by atoms with E-state index in [1.54, 1.807) is 6.33 Å². The van der Waals surface area contributed by atoms with Crippen molar-refractivity contribution in [1.82, 2.24) is 14.5 Å². The van der Waals surface area contributed by atoms with Gasteiger partial charge in [-0.05, 0) is 34.8 Å². The quantitative estimate of drug-likeness (QED) is 0.233. The molecule has 5 aromatic rings. The van der Waals surface area contributed by atoms with Gasteiger partial charge in [-0.25, -0.2) is 4.98 Å². The van der Waals surface area contributed by atoms with E-state index in [1.165, 1.54) is 16.3 Å². The molecule has 0 N–H and O–H groups in total. The summed E-state index contributed by atoms with van der Waals surface area (Å²) in [5, 5.41) is 2.43. The summed E-state index contributed by atoms with van der Waals surface area (Å²) in [7, 11) is 0. The van der Waals surface area contributed by atoms with Crippen molar-refractivity contribution in [3.63, 3.8) is 0 Å². The topological polar surface area (TPSA) is 30.7 Å². The number of hydrogen-bond acceptors (Lipinski definition) is 2. The fourth-order valence-electron chi connectivity index (χ4n) is 3.83. The number of para-hydroxylation sites is 2. The standard InChI is InChI=1S/C26H22N3.Ir/c1-26(2,3)25-16-22(27-17-28-25)18-13-14-24-21(15-18)20-11-7-8-12-23(20)29(24)19-9-5-4-6-10-19;/h4-12,14-17H,1-3H3;/q-1;. The molecular weight excluding hydrogens is 547 g/mol. The summed E-state index contributed by atoms with van der Waals surface area (Å²) in [4.78, 5) is 8.99. The molecule has 0 unspecified atom stereocenters. The summed E-state index contributed by atoms with van der Waals surface area (Å²) < 4.78 is 2.30. The largest absolute Gasteiger partial charge is 0.351 e. The van der Waals surface area contributed by atoms with Crippen molar-refractivity contribution >= 4 is 21.8 Å². The van der Waals surface area contributed by atoms with E-state index >= 15 is 0 Å². The van der Waals surface area contributed by atoms with Gasteiger partial charge in [0.05, 0.1) is 0 Å². The van der Waals surface area contributed by atoms with Crippen molar-refractivity contribution in [3.8, 4) is 16.9 Å². The van der Waals surface area contributed by atoms with Gasteiger partial charge in [-0.2, -0.15) is 0 Å². The maximum atomic E-state index is 4.53. The molecule has 0 spiro atoms. The number of fused-ring (bicyclic) bond motifs is 3. The molecular formula is C26H22IrN3-. The third-order valence-corrected chi connectivity index (χ3v) is 5.33. The van der Waals surface area contributed by atoms with E-state index < -0.39 is 0 Å². The van der Waals surface area contributed by atoms with E-state index in [0.717, 1.165) is 28.2 Å². The molecule has 2 heterocycles. The first-order chi connectivity index (χ1) is 14.0. The molecule has 4 heteroatoms. The Bertz CT molecular complexity index is 1330. The number of rotatable bonds is 2. The minimum Gasteiger partial charge on any atom is -0.351 e. The zero-order chi connectivity index (χ0) is 20.0. The van der Waals surface area contributed by atoms with Crippen LogP contribution in [-0.2, 0) is 25.5 Å². The molecule has 3 aromatic carbocycles. The van der Waals surface area contributed by atoms with Gasteiger partial charge in [0, 0.05) is 42.4 Å². The van der Waals surface area contributed by atoms with Crippen LogP contribution in [0.25, 0.3) is 38.8 Å². The fourth-order valence-corrected chi connectivity index (χ4v) is 3.83. The van der Waals surface area contributed by atoms with Crippen molar-refractivity contribution in [2.75, 3.05) is 0 Å². The fraction of sp³-hybridized carbons (Fsp3) is 0.154. The molecule has 0 bridgehead atoms. The second-order valence-electron chi connectivity index (χ2n) is 8.37. The maximum absolute atomic E-state index is 4.53. The number of aromatic nitrogens is 3. The summed E-state index contributed by atoms with van der Waals surface area (Å²) in [6.07, 6.45) is 1.65. The van der Waals surface area contributed by atoms with Crippen LogP contribution in [-0.4, -0.2) is 14.5 Å². The van der Waals surface area contributed by atoms with Gasteiger partial charge in [0.25, 0.3) is 0 Å². The molecule has 0 saturated heterocycles. The van der Waals surface area contributed by atoms with Crippen LogP contribution >= 0.6 is 0 Å². The Labute approximate surface area is 190 Å². The molecule has 0 fully saturated rings. The monoisotopic (exact) mass is 569 g/mol. The van der Waals surface area contributed by atoms with Crippen LogP contribution in [0.2, 0.25) is 0 Å². The minimum absolute atomic E-state index is 0. The van der Waals surface area contributed by atoms with Crippen molar-refractivity contribution < 1.29 is 20.1 Å². The van der Waals surface area contributed by atoms with Crippen molar-refractivity contribution in [2.45, 2.75) is 26.2 Å². The first-order valence-corrected chi connectivity index (χ1v) is 9.85. The van der Waals surface area contributed by atoms with E-state index in [1.807, 2.05) is 6.07 Å². The Kier molecular flexibility index (Phi) is 5.31. The first-order valence-electron chi connectivity index (χ1n) is 9.85. The molecule has 151 valence electrons. The Morgan fingerprint density at radius 3 is 2.30 bits per heavy atom. The molecule has 0 amide bonds. The summed E-state index contributed by atoms with van der Waals surface area (Å²) in [6, 6.07) is 28.8. The van der Waals surface area contributed by atoms with Crippen LogP contribution in [0.4, 0.5) is 0 Å². The van der Waals surface area contributed by atoms with Crippen LogP contribution < -0.4 is 0 Å². The molecule has 2 aromatic heterocycles. The van der Waals surface area contributed by atoms with E-state index in [4.69, 9.17) is 0 Å². The molecule has 0 saturated carbocycles. The molecule has 0 aliphatic heterocycles. The van der Waals surface area contributed by atoms with Gasteiger partial charge in [-0.15, -0.1) is 23.8 Å². The van der Waals surface area contributed by atoms with Gasteiger partial charge in [0.2, 0.25) is 0 Å². The maximum Gasteiger partial charge on any atom is 0.105 e. The Morgan fingerprint density at radius 2 is 1.53 bits per heavy atom. The zero-order valence-corrected chi connectivity index (χ0v) is 19.6. The summed E-state index contributed by atoms with van der Waals surface area (Å²) >= 11 is 0. The van der Waals surface area contributed by atoms with Gasteiger partial charge in [0.1, 0.15) is 6.33 Å². The van der Waals surface area contributed by atoms with Gasteiger partial charge >= 0.3 is 0 Å². The van der Waals surface area contributed by atoms with Crippen LogP contribution in [0, 0.1) is 6.07 Å². The summed E-state index contributed by atoms with van der Waals surface area (Å²) in [5.74, 6) is 0. The summed E-state index contributed by atoms with van der Waals surface area (Å²) in [5.41, 5.74) is 6.39. The predicted octanol–water partition coefficient (Wildman–Crippen LogP) is 6.34. The average molecular weight is 569 g/mol. The number of benzene rings is 3. The van der Waals surface area contributed by atoms with Gasteiger partial charge < -0.3 is 4.57 Å². The summed E-state index contributed by atoms with van der Waals surface area (Å²) in [6.45, 7) is 6.50. The zero-order valence-electron chi connectivity index (χ0n) is 17.2. The van der Waals surface area contributed by atoms with E-state index in [0.29, 0.717) is 0 Å². The van der Waals surface area contributed by atoms with Crippen molar-refractivity contribution in [1.29, 1.82) is 0 Å². The molecule has 1 radical (unpaired) electrons. The Balaban J connectivity index is 0.00000218. The van der Waals surface area contributed by atoms with Crippen LogP contribution in [0.3, 0.4) is 0 Å². The van der Waals surface area contributed by atoms with E-state index in [2.05, 4.69) is 108 Å². The van der Waals surface area contributed by atoms with Crippen molar-refractivity contribution in [3.05, 3.63) is 90.9 Å². The van der Waals surface area contributed by atoms with Gasteiger partial charge in [-0.1, -0.05) is 68.6 Å². The van der Waals surface area contributed by atoms with Crippen molar-refractivity contribution in [2.24, 2.45) is 0 Å². The Hall–Kier alpha value is -2.81. The Morgan fingerprint density at radius 1 is 0.800 bits per heavy atom. The number of nitrogens with zero attached hydrogens (tertiary/aromatic N) is 3. The SMILES string of the molecule is CC(C)(C)c1cc(-c2[c-]cc3c(c2)c2ccccc2n3-c2ccccc2)ncn1.[Ir].